The normalized spacial score (nSPS) is 27.7. The van der Waals surface area contributed by atoms with Crippen LogP contribution in [0.25, 0.3) is 0 Å². The van der Waals surface area contributed by atoms with E-state index in [9.17, 15) is 13.5 Å². The Labute approximate surface area is 127 Å². The summed E-state index contributed by atoms with van der Waals surface area (Å²) in [6, 6.07) is 5.42. The molecule has 0 aromatic heterocycles. The van der Waals surface area contributed by atoms with E-state index in [1.54, 1.807) is 6.07 Å². The number of halogens is 2. The first-order valence-corrected chi connectivity index (χ1v) is 9.20. The van der Waals surface area contributed by atoms with Crippen molar-refractivity contribution >= 4 is 37.4 Å². The quantitative estimate of drug-likeness (QED) is 0.893. The minimum absolute atomic E-state index is 0.275. The molecule has 0 heterocycles. The van der Waals surface area contributed by atoms with Gasteiger partial charge in [0.25, 0.3) is 0 Å². The molecule has 0 saturated heterocycles. The van der Waals surface area contributed by atoms with E-state index in [2.05, 4.69) is 15.9 Å². The van der Waals surface area contributed by atoms with Crippen molar-refractivity contribution in [3.8, 4) is 0 Å². The van der Waals surface area contributed by atoms with Crippen LogP contribution in [-0.2, 0) is 16.3 Å². The lowest BCUT2D eigenvalue weighted by Gasteiger charge is -2.29. The number of hydrogen-bond donors (Lipinski definition) is 1. The minimum atomic E-state index is -3.25. The van der Waals surface area contributed by atoms with Crippen LogP contribution >= 0.6 is 27.5 Å². The smallest absolute Gasteiger partial charge is 0.153 e. The molecule has 1 fully saturated rings. The molecule has 0 amide bonds. The monoisotopic (exact) mass is 366 g/mol. The van der Waals surface area contributed by atoms with Gasteiger partial charge >= 0.3 is 0 Å². The third-order valence-corrected chi connectivity index (χ3v) is 6.26. The first kappa shape index (κ1) is 15.3. The van der Waals surface area contributed by atoms with Crippen molar-refractivity contribution in [1.82, 2.24) is 0 Å². The summed E-state index contributed by atoms with van der Waals surface area (Å²) in [7, 11) is -3.25. The largest absolute Gasteiger partial charge is 0.388 e. The topological polar surface area (TPSA) is 54.4 Å². The molecule has 1 aromatic rings. The molecule has 1 aromatic carbocycles. The first-order chi connectivity index (χ1) is 8.72. The van der Waals surface area contributed by atoms with E-state index in [0.717, 1.165) is 16.5 Å². The van der Waals surface area contributed by atoms with Crippen LogP contribution < -0.4 is 0 Å². The average Bonchev–Trinajstić information content (AvgIpc) is 2.64. The lowest BCUT2D eigenvalue weighted by molar-refractivity contribution is 0.0513. The maximum Gasteiger partial charge on any atom is 0.153 e. The maximum absolute atomic E-state index is 11.8. The van der Waals surface area contributed by atoms with E-state index in [4.69, 9.17) is 11.6 Å². The van der Waals surface area contributed by atoms with Crippen LogP contribution in [0.3, 0.4) is 0 Å². The van der Waals surface area contributed by atoms with Gasteiger partial charge in [-0.1, -0.05) is 33.6 Å². The highest BCUT2D eigenvalue weighted by Gasteiger charge is 2.46. The van der Waals surface area contributed by atoms with E-state index < -0.39 is 20.7 Å². The van der Waals surface area contributed by atoms with Gasteiger partial charge in [-0.15, -0.1) is 0 Å². The van der Waals surface area contributed by atoms with Crippen molar-refractivity contribution in [2.75, 3.05) is 6.26 Å². The Morgan fingerprint density at radius 1 is 1.53 bits per heavy atom. The zero-order valence-electron chi connectivity index (χ0n) is 10.6. The van der Waals surface area contributed by atoms with Crippen molar-refractivity contribution in [2.45, 2.75) is 36.5 Å². The fourth-order valence-corrected chi connectivity index (χ4v) is 5.17. The van der Waals surface area contributed by atoms with Crippen LogP contribution in [0.2, 0.25) is 5.02 Å². The third kappa shape index (κ3) is 3.32. The van der Waals surface area contributed by atoms with Crippen LogP contribution in [0.4, 0.5) is 0 Å². The molecule has 0 aliphatic heterocycles. The van der Waals surface area contributed by atoms with Crippen molar-refractivity contribution < 1.29 is 13.5 Å². The van der Waals surface area contributed by atoms with Crippen LogP contribution in [0.5, 0.6) is 0 Å². The third-order valence-electron chi connectivity index (χ3n) is 3.70. The molecular formula is C13H16BrClO3S. The van der Waals surface area contributed by atoms with E-state index >= 15 is 0 Å². The van der Waals surface area contributed by atoms with Gasteiger partial charge in [0.05, 0.1) is 10.9 Å². The van der Waals surface area contributed by atoms with E-state index in [1.807, 2.05) is 12.1 Å². The molecule has 2 unspecified atom stereocenters. The van der Waals surface area contributed by atoms with Crippen LogP contribution in [0.1, 0.15) is 24.8 Å². The molecule has 1 aliphatic rings. The second-order valence-electron chi connectivity index (χ2n) is 5.23. The summed E-state index contributed by atoms with van der Waals surface area (Å²) < 4.78 is 24.4. The number of rotatable bonds is 3. The molecule has 1 aliphatic carbocycles. The average molecular weight is 368 g/mol. The molecule has 0 bridgehead atoms. The fourth-order valence-electron chi connectivity index (χ4n) is 2.83. The van der Waals surface area contributed by atoms with Crippen molar-refractivity contribution in [3.05, 3.63) is 33.3 Å². The lowest BCUT2D eigenvalue weighted by Crippen LogP contribution is -2.44. The molecule has 106 valence electrons. The molecule has 0 spiro atoms. The van der Waals surface area contributed by atoms with Gasteiger partial charge < -0.3 is 5.11 Å². The number of benzene rings is 1. The highest BCUT2D eigenvalue weighted by Crippen LogP contribution is 2.38. The standard InChI is InChI=1S/C13H16BrClO3S/c1-19(17,18)12-3-2-6-13(12,16)8-9-4-5-10(14)7-11(9)15/h4-5,7,12,16H,2-3,6,8H2,1H3. The van der Waals surface area contributed by atoms with Gasteiger partial charge in [0.2, 0.25) is 0 Å². The first-order valence-electron chi connectivity index (χ1n) is 6.07. The van der Waals surface area contributed by atoms with Gasteiger partial charge in [0.15, 0.2) is 9.84 Å². The molecular weight excluding hydrogens is 352 g/mol. The molecule has 6 heteroatoms. The Morgan fingerprint density at radius 2 is 2.21 bits per heavy atom. The Kier molecular flexibility index (Phi) is 4.31. The summed E-state index contributed by atoms with van der Waals surface area (Å²) in [6.45, 7) is 0. The Morgan fingerprint density at radius 3 is 2.79 bits per heavy atom. The van der Waals surface area contributed by atoms with Crippen LogP contribution in [0.15, 0.2) is 22.7 Å². The molecule has 3 nitrogen and oxygen atoms in total. The van der Waals surface area contributed by atoms with E-state index in [-0.39, 0.29) is 6.42 Å². The Balaban J connectivity index is 2.30. The molecule has 1 saturated carbocycles. The van der Waals surface area contributed by atoms with Gasteiger partial charge in [-0.05, 0) is 37.0 Å². The Bertz CT molecular complexity index is 588. The van der Waals surface area contributed by atoms with Crippen molar-refractivity contribution in [1.29, 1.82) is 0 Å². The summed E-state index contributed by atoms with van der Waals surface area (Å²) in [5, 5.41) is 10.5. The predicted molar refractivity (Wildman–Crippen MR) is 80.3 cm³/mol. The number of hydrogen-bond acceptors (Lipinski definition) is 3. The minimum Gasteiger partial charge on any atom is -0.388 e. The van der Waals surface area contributed by atoms with Crippen LogP contribution in [-0.4, -0.2) is 30.6 Å². The molecule has 0 radical (unpaired) electrons. The molecule has 2 rings (SSSR count). The summed E-state index contributed by atoms with van der Waals surface area (Å²) in [6.07, 6.45) is 3.21. The highest BCUT2D eigenvalue weighted by atomic mass is 79.9. The van der Waals surface area contributed by atoms with E-state index in [0.29, 0.717) is 17.9 Å². The van der Waals surface area contributed by atoms with Gasteiger partial charge in [0, 0.05) is 22.2 Å². The van der Waals surface area contributed by atoms with E-state index in [1.165, 1.54) is 6.26 Å². The second kappa shape index (κ2) is 5.35. The maximum atomic E-state index is 11.8. The molecule has 2 atom stereocenters. The molecule has 19 heavy (non-hydrogen) atoms. The number of sulfone groups is 1. The number of aliphatic hydroxyl groups is 1. The summed E-state index contributed by atoms with van der Waals surface area (Å²) in [5.74, 6) is 0. The van der Waals surface area contributed by atoms with Crippen molar-refractivity contribution in [3.63, 3.8) is 0 Å². The summed E-state index contributed by atoms with van der Waals surface area (Å²) in [4.78, 5) is 0. The van der Waals surface area contributed by atoms with Gasteiger partial charge in [-0.3, -0.25) is 0 Å². The zero-order chi connectivity index (χ0) is 14.3. The van der Waals surface area contributed by atoms with Gasteiger partial charge in [-0.25, -0.2) is 8.42 Å². The SMILES string of the molecule is CS(=O)(=O)C1CCCC1(O)Cc1ccc(Br)cc1Cl. The molecule has 1 N–H and O–H groups in total. The van der Waals surface area contributed by atoms with Gasteiger partial charge in [-0.2, -0.15) is 0 Å². The Hall–Kier alpha value is -0.100. The summed E-state index contributed by atoms with van der Waals surface area (Å²) >= 11 is 9.46. The highest BCUT2D eigenvalue weighted by molar-refractivity contribution is 9.10. The fraction of sp³-hybridized carbons (Fsp3) is 0.538. The predicted octanol–water partition coefficient (Wildman–Crippen LogP) is 2.97. The zero-order valence-corrected chi connectivity index (χ0v) is 13.7. The van der Waals surface area contributed by atoms with Crippen molar-refractivity contribution in [2.24, 2.45) is 0 Å². The lowest BCUT2D eigenvalue weighted by atomic mass is 9.92. The second-order valence-corrected chi connectivity index (χ2v) is 8.78. The van der Waals surface area contributed by atoms with Gasteiger partial charge in [0.1, 0.15) is 0 Å². The summed E-state index contributed by atoms with van der Waals surface area (Å²) in [5.41, 5.74) is -0.423. The van der Waals surface area contributed by atoms with Crippen LogP contribution in [0, 0.1) is 0 Å².